The molecule has 0 radical (unpaired) electrons. The molecule has 5 atom stereocenters. The number of carboxylic acids is 1. The van der Waals surface area contributed by atoms with Gasteiger partial charge >= 0.3 is 5.97 Å². The Bertz CT molecular complexity index is 849. The Balaban J connectivity index is 1.65. The molecule has 168 valence electrons. The molecule has 1 amide bonds. The number of aliphatic hydroxyl groups is 3. The number of rotatable bonds is 8. The van der Waals surface area contributed by atoms with Gasteiger partial charge < -0.3 is 29.9 Å². The highest BCUT2D eigenvalue weighted by molar-refractivity contribution is 8.26. The first kappa shape index (κ1) is 23.8. The van der Waals surface area contributed by atoms with E-state index in [0.29, 0.717) is 5.56 Å². The lowest BCUT2D eigenvalue weighted by molar-refractivity contribution is -0.281. The molecular formula is C20H23NO8S2. The second-order valence-corrected chi connectivity index (χ2v) is 8.75. The Kier molecular flexibility index (Phi) is 8.17. The summed E-state index contributed by atoms with van der Waals surface area (Å²) < 4.78 is 11.4. The van der Waals surface area contributed by atoms with Crippen molar-refractivity contribution in [3.8, 4) is 0 Å². The number of thioether (sulfide) groups is 1. The van der Waals surface area contributed by atoms with Crippen molar-refractivity contribution < 1.29 is 39.5 Å². The maximum absolute atomic E-state index is 12.5. The standard InChI is InChI=1S/C20H23NO8S2/c22-12(9-14-18(27)21(20(30)31-14)8-4-7-15(24)25)16(26)17-13(23)10-28-19(29-17)11-5-2-1-3-6-11/h1-3,5-6,9,12-13,16-17,19,22-23,26H,4,7-8,10H2,(H,24,25)/b14-9-. The highest BCUT2D eigenvalue weighted by Crippen LogP contribution is 2.33. The molecule has 0 aliphatic carbocycles. The number of thiocarbonyl (C=S) groups is 1. The van der Waals surface area contributed by atoms with Gasteiger partial charge in [0.05, 0.1) is 11.5 Å². The van der Waals surface area contributed by atoms with Crippen LogP contribution in [0.3, 0.4) is 0 Å². The van der Waals surface area contributed by atoms with Gasteiger partial charge in [-0.2, -0.15) is 0 Å². The van der Waals surface area contributed by atoms with Gasteiger partial charge in [-0.1, -0.05) is 54.3 Å². The van der Waals surface area contributed by atoms with Gasteiger partial charge in [-0.15, -0.1) is 0 Å². The van der Waals surface area contributed by atoms with Crippen molar-refractivity contribution in [1.82, 2.24) is 4.90 Å². The van der Waals surface area contributed by atoms with E-state index < -0.39 is 42.6 Å². The molecule has 2 heterocycles. The molecule has 2 aliphatic heterocycles. The van der Waals surface area contributed by atoms with E-state index in [4.69, 9.17) is 26.8 Å². The van der Waals surface area contributed by atoms with Crippen LogP contribution in [0, 0.1) is 0 Å². The highest BCUT2D eigenvalue weighted by atomic mass is 32.2. The summed E-state index contributed by atoms with van der Waals surface area (Å²) in [4.78, 5) is 24.6. The molecule has 0 saturated carbocycles. The zero-order valence-corrected chi connectivity index (χ0v) is 18.0. The first-order valence-electron chi connectivity index (χ1n) is 9.61. The van der Waals surface area contributed by atoms with Crippen LogP contribution in [0.5, 0.6) is 0 Å². The van der Waals surface area contributed by atoms with E-state index in [1.165, 1.54) is 11.0 Å². The molecule has 1 aromatic carbocycles. The lowest BCUT2D eigenvalue weighted by Gasteiger charge is -2.37. The van der Waals surface area contributed by atoms with Crippen molar-refractivity contribution in [3.63, 3.8) is 0 Å². The summed E-state index contributed by atoms with van der Waals surface area (Å²) in [6, 6.07) is 8.97. The Hall–Kier alpha value is -1.86. The summed E-state index contributed by atoms with van der Waals surface area (Å²) >= 11 is 6.11. The third-order valence-corrected chi connectivity index (χ3v) is 6.20. The smallest absolute Gasteiger partial charge is 0.303 e. The van der Waals surface area contributed by atoms with E-state index in [-0.39, 0.29) is 35.2 Å². The summed E-state index contributed by atoms with van der Waals surface area (Å²) in [5, 5.41) is 40.0. The van der Waals surface area contributed by atoms with Gasteiger partial charge in [0, 0.05) is 18.5 Å². The molecule has 0 bridgehead atoms. The van der Waals surface area contributed by atoms with Crippen molar-refractivity contribution in [3.05, 3.63) is 46.9 Å². The number of carbonyl (C=O) groups excluding carboxylic acids is 1. The lowest BCUT2D eigenvalue weighted by atomic mass is 10.0. The van der Waals surface area contributed by atoms with Gasteiger partial charge in [0.25, 0.3) is 5.91 Å². The number of nitrogens with zero attached hydrogens (tertiary/aromatic N) is 1. The molecule has 3 rings (SSSR count). The Morgan fingerprint density at radius 1 is 1.32 bits per heavy atom. The molecule has 2 aliphatic rings. The van der Waals surface area contributed by atoms with Crippen molar-refractivity contribution in [2.45, 2.75) is 43.5 Å². The third-order valence-electron chi connectivity index (χ3n) is 4.80. The quantitative estimate of drug-likeness (QED) is 0.319. The predicted octanol–water partition coefficient (Wildman–Crippen LogP) is 0.792. The van der Waals surface area contributed by atoms with E-state index in [9.17, 15) is 24.9 Å². The molecule has 0 spiro atoms. The summed E-state index contributed by atoms with van der Waals surface area (Å²) in [7, 11) is 0. The van der Waals surface area contributed by atoms with Crippen molar-refractivity contribution in [2.24, 2.45) is 0 Å². The number of amides is 1. The summed E-state index contributed by atoms with van der Waals surface area (Å²) in [5.74, 6) is -1.44. The molecular weight excluding hydrogens is 446 g/mol. The van der Waals surface area contributed by atoms with Crippen LogP contribution >= 0.6 is 24.0 Å². The Labute approximate surface area is 188 Å². The maximum atomic E-state index is 12.5. The first-order chi connectivity index (χ1) is 14.8. The van der Waals surface area contributed by atoms with Gasteiger partial charge in [0.1, 0.15) is 28.7 Å². The molecule has 5 unspecified atom stereocenters. The van der Waals surface area contributed by atoms with Gasteiger partial charge in [0.15, 0.2) is 6.29 Å². The number of aliphatic hydroxyl groups excluding tert-OH is 3. The zero-order chi connectivity index (χ0) is 22.5. The Morgan fingerprint density at radius 3 is 2.71 bits per heavy atom. The number of benzene rings is 1. The average Bonchev–Trinajstić information content (AvgIpc) is 3.01. The van der Waals surface area contributed by atoms with Gasteiger partial charge in [-0.3, -0.25) is 14.5 Å². The molecule has 2 fully saturated rings. The van der Waals surface area contributed by atoms with Crippen LogP contribution in [0.4, 0.5) is 0 Å². The molecule has 11 heteroatoms. The average molecular weight is 470 g/mol. The maximum Gasteiger partial charge on any atom is 0.303 e. The highest BCUT2D eigenvalue weighted by Gasteiger charge is 2.40. The van der Waals surface area contributed by atoms with Crippen LogP contribution in [0.25, 0.3) is 0 Å². The van der Waals surface area contributed by atoms with Crippen molar-refractivity contribution in [2.75, 3.05) is 13.2 Å². The fourth-order valence-electron chi connectivity index (χ4n) is 3.19. The minimum absolute atomic E-state index is 0.0975. The number of aliphatic carboxylic acids is 1. The largest absolute Gasteiger partial charge is 0.481 e. The van der Waals surface area contributed by atoms with Crippen LogP contribution in [0.2, 0.25) is 0 Å². The van der Waals surface area contributed by atoms with Crippen LogP contribution in [0.15, 0.2) is 41.3 Å². The van der Waals surface area contributed by atoms with Crippen LogP contribution in [-0.2, 0) is 19.1 Å². The second kappa shape index (κ2) is 10.6. The van der Waals surface area contributed by atoms with E-state index in [0.717, 1.165) is 11.8 Å². The lowest BCUT2D eigenvalue weighted by Crippen LogP contribution is -2.51. The second-order valence-electron chi connectivity index (χ2n) is 7.08. The Morgan fingerprint density at radius 2 is 2.03 bits per heavy atom. The third kappa shape index (κ3) is 5.89. The molecule has 0 aromatic heterocycles. The van der Waals surface area contributed by atoms with Gasteiger partial charge in [-0.25, -0.2) is 0 Å². The predicted molar refractivity (Wildman–Crippen MR) is 115 cm³/mol. The number of hydrogen-bond donors (Lipinski definition) is 4. The monoisotopic (exact) mass is 469 g/mol. The van der Waals surface area contributed by atoms with Crippen LogP contribution < -0.4 is 0 Å². The number of hydrogen-bond acceptors (Lipinski definition) is 9. The molecule has 4 N–H and O–H groups in total. The fourth-order valence-corrected chi connectivity index (χ4v) is 4.51. The van der Waals surface area contributed by atoms with Crippen molar-refractivity contribution in [1.29, 1.82) is 0 Å². The van der Waals surface area contributed by atoms with Crippen LogP contribution in [0.1, 0.15) is 24.7 Å². The fraction of sp³-hybridized carbons (Fsp3) is 0.450. The molecule has 1 aromatic rings. The van der Waals surface area contributed by atoms with E-state index in [2.05, 4.69) is 0 Å². The van der Waals surface area contributed by atoms with Gasteiger partial charge in [0.2, 0.25) is 0 Å². The zero-order valence-electron chi connectivity index (χ0n) is 16.4. The summed E-state index contributed by atoms with van der Waals surface area (Å²) in [6.07, 6.45) is -4.87. The van der Waals surface area contributed by atoms with Gasteiger partial charge in [-0.05, 0) is 12.5 Å². The molecule has 2 saturated heterocycles. The molecule has 9 nitrogen and oxygen atoms in total. The van der Waals surface area contributed by atoms with Crippen LogP contribution in [-0.4, -0.2) is 79.1 Å². The summed E-state index contributed by atoms with van der Waals surface area (Å²) in [5.41, 5.74) is 0.698. The normalized spacial score (nSPS) is 27.5. The number of ether oxygens (including phenoxy) is 2. The van der Waals surface area contributed by atoms with Crippen molar-refractivity contribution >= 4 is 40.2 Å². The minimum Gasteiger partial charge on any atom is -0.481 e. The number of carboxylic acid groups (broad SMARTS) is 1. The topological polar surface area (TPSA) is 137 Å². The number of carbonyl (C=O) groups is 2. The van der Waals surface area contributed by atoms with E-state index in [1.54, 1.807) is 24.3 Å². The first-order valence-corrected chi connectivity index (χ1v) is 10.8. The van der Waals surface area contributed by atoms with E-state index in [1.807, 2.05) is 6.07 Å². The summed E-state index contributed by atoms with van der Waals surface area (Å²) in [6.45, 7) is 0.0488. The molecule has 31 heavy (non-hydrogen) atoms. The van der Waals surface area contributed by atoms with E-state index >= 15 is 0 Å². The SMILES string of the molecule is O=C(O)CCCN1C(=O)/C(=C/C(O)C(O)C2OC(c3ccccc3)OCC2O)SC1=S. The minimum atomic E-state index is -1.53.